The molecule has 1 aromatic carbocycles. The van der Waals surface area contributed by atoms with Crippen molar-refractivity contribution >= 4 is 38.6 Å². The highest BCUT2D eigenvalue weighted by Gasteiger charge is 2.10. The molecule has 0 saturated heterocycles. The highest BCUT2D eigenvalue weighted by atomic mass is 32.1. The molecule has 0 unspecified atom stereocenters. The lowest BCUT2D eigenvalue weighted by Gasteiger charge is -2.00. The molecule has 0 atom stereocenters. The second-order valence-corrected chi connectivity index (χ2v) is 5.10. The summed E-state index contributed by atoms with van der Waals surface area (Å²) in [7, 11) is 1.30. The highest BCUT2D eigenvalue weighted by Crippen LogP contribution is 2.27. The second-order valence-electron chi connectivity index (χ2n) is 4.06. The first kappa shape index (κ1) is 13.5. The molecule has 0 saturated carbocycles. The van der Waals surface area contributed by atoms with Crippen molar-refractivity contribution in [2.75, 3.05) is 12.4 Å². The number of para-hydroxylation sites is 1. The molecule has 0 spiro atoms. The number of methoxy groups -OCH3 is 1. The van der Waals surface area contributed by atoms with Crippen LogP contribution in [-0.2, 0) is 14.3 Å². The van der Waals surface area contributed by atoms with Crippen LogP contribution in [-0.4, -0.2) is 24.0 Å². The van der Waals surface area contributed by atoms with Gasteiger partial charge in [0.25, 0.3) is 0 Å². The Morgan fingerprint density at radius 1 is 1.37 bits per heavy atom. The molecule has 0 aliphatic rings. The van der Waals surface area contributed by atoms with Gasteiger partial charge in [-0.1, -0.05) is 23.5 Å². The monoisotopic (exact) mass is 278 g/mol. The number of nitrogens with one attached hydrogen (secondary N) is 1. The number of thiazole rings is 1. The van der Waals surface area contributed by atoms with Crippen molar-refractivity contribution < 1.29 is 14.3 Å². The van der Waals surface area contributed by atoms with Gasteiger partial charge in [0.15, 0.2) is 5.13 Å². The molecule has 0 radical (unpaired) electrons. The third-order valence-electron chi connectivity index (χ3n) is 2.65. The van der Waals surface area contributed by atoms with Crippen LogP contribution in [0.25, 0.3) is 10.2 Å². The first-order valence-corrected chi connectivity index (χ1v) is 6.64. The standard InChI is InChI=1S/C13H14N2O3S/c1-8-4-3-5-9-12(8)15-13(19-9)14-10(16)6-7-11(17)18-2/h3-5H,6-7H2,1-2H3,(H,14,15,16). The Balaban J connectivity index is 2.03. The van der Waals surface area contributed by atoms with Crippen LogP contribution in [0.2, 0.25) is 0 Å². The van der Waals surface area contributed by atoms with Crippen molar-refractivity contribution in [2.45, 2.75) is 19.8 Å². The molecule has 1 aromatic heterocycles. The Bertz CT molecular complexity index is 621. The third kappa shape index (κ3) is 3.29. The lowest BCUT2D eigenvalue weighted by molar-refractivity contribution is -0.141. The number of carbonyl (C=O) groups excluding carboxylic acids is 2. The number of rotatable bonds is 4. The van der Waals surface area contributed by atoms with E-state index in [2.05, 4.69) is 15.0 Å². The van der Waals surface area contributed by atoms with E-state index >= 15 is 0 Å². The quantitative estimate of drug-likeness (QED) is 0.872. The molecular weight excluding hydrogens is 264 g/mol. The molecule has 0 fully saturated rings. The smallest absolute Gasteiger partial charge is 0.306 e. The average Bonchev–Trinajstić information content (AvgIpc) is 2.80. The normalized spacial score (nSPS) is 10.4. The average molecular weight is 278 g/mol. The highest BCUT2D eigenvalue weighted by molar-refractivity contribution is 7.22. The van der Waals surface area contributed by atoms with E-state index in [0.717, 1.165) is 15.8 Å². The summed E-state index contributed by atoms with van der Waals surface area (Å²) in [6.07, 6.45) is 0.174. The molecule has 1 amide bonds. The molecule has 6 heteroatoms. The fraction of sp³-hybridized carbons (Fsp3) is 0.308. The van der Waals surface area contributed by atoms with Crippen LogP contribution in [0.5, 0.6) is 0 Å². The van der Waals surface area contributed by atoms with Crippen LogP contribution in [0.1, 0.15) is 18.4 Å². The fourth-order valence-corrected chi connectivity index (χ4v) is 2.60. The molecular formula is C13H14N2O3S. The zero-order chi connectivity index (χ0) is 13.8. The van der Waals surface area contributed by atoms with Gasteiger partial charge in [-0.25, -0.2) is 4.98 Å². The first-order chi connectivity index (χ1) is 9.10. The summed E-state index contributed by atoms with van der Waals surface area (Å²) in [5.74, 6) is -0.627. The molecule has 0 aliphatic carbocycles. The Morgan fingerprint density at radius 2 is 2.16 bits per heavy atom. The minimum atomic E-state index is -0.393. The van der Waals surface area contributed by atoms with Gasteiger partial charge in [0, 0.05) is 6.42 Å². The van der Waals surface area contributed by atoms with Gasteiger partial charge in [0.05, 0.1) is 23.7 Å². The van der Waals surface area contributed by atoms with Crippen LogP contribution in [0.4, 0.5) is 5.13 Å². The number of amides is 1. The lowest BCUT2D eigenvalue weighted by atomic mass is 10.2. The summed E-state index contributed by atoms with van der Waals surface area (Å²) in [5, 5.41) is 3.25. The topological polar surface area (TPSA) is 68.3 Å². The van der Waals surface area contributed by atoms with Crippen LogP contribution >= 0.6 is 11.3 Å². The lowest BCUT2D eigenvalue weighted by Crippen LogP contribution is -2.13. The third-order valence-corrected chi connectivity index (χ3v) is 3.59. The molecule has 1 heterocycles. The van der Waals surface area contributed by atoms with E-state index < -0.39 is 5.97 Å². The molecule has 1 N–H and O–H groups in total. The minimum Gasteiger partial charge on any atom is -0.469 e. The number of nitrogens with zero attached hydrogens (tertiary/aromatic N) is 1. The SMILES string of the molecule is COC(=O)CCC(=O)Nc1nc2c(C)cccc2s1. The van der Waals surface area contributed by atoms with Crippen molar-refractivity contribution in [1.82, 2.24) is 4.98 Å². The van der Waals surface area contributed by atoms with Gasteiger partial charge < -0.3 is 10.1 Å². The minimum absolute atomic E-state index is 0.0757. The molecule has 100 valence electrons. The van der Waals surface area contributed by atoms with E-state index in [9.17, 15) is 9.59 Å². The largest absolute Gasteiger partial charge is 0.469 e. The number of ether oxygens (including phenoxy) is 1. The van der Waals surface area contributed by atoms with Gasteiger partial charge in [0.2, 0.25) is 5.91 Å². The van der Waals surface area contributed by atoms with E-state index in [1.807, 2.05) is 25.1 Å². The summed E-state index contributed by atoms with van der Waals surface area (Å²) in [5.41, 5.74) is 1.97. The molecule has 5 nitrogen and oxygen atoms in total. The van der Waals surface area contributed by atoms with Crippen molar-refractivity contribution in [3.8, 4) is 0 Å². The summed E-state index contributed by atoms with van der Waals surface area (Å²) in [6.45, 7) is 1.98. The summed E-state index contributed by atoms with van der Waals surface area (Å²) in [4.78, 5) is 27.0. The number of aryl methyl sites for hydroxylation is 1. The maximum atomic E-state index is 11.6. The first-order valence-electron chi connectivity index (χ1n) is 5.83. The van der Waals surface area contributed by atoms with Gasteiger partial charge in [0.1, 0.15) is 0 Å². The zero-order valence-corrected chi connectivity index (χ0v) is 11.5. The second kappa shape index (κ2) is 5.79. The Kier molecular flexibility index (Phi) is 4.11. The molecule has 2 rings (SSSR count). The number of carbonyl (C=O) groups is 2. The summed E-state index contributed by atoms with van der Waals surface area (Å²) in [6, 6.07) is 5.90. The van der Waals surface area contributed by atoms with E-state index in [0.29, 0.717) is 5.13 Å². The summed E-state index contributed by atoms with van der Waals surface area (Å²) < 4.78 is 5.51. The molecule has 0 aliphatic heterocycles. The van der Waals surface area contributed by atoms with Gasteiger partial charge in [-0.2, -0.15) is 0 Å². The van der Waals surface area contributed by atoms with E-state index in [1.165, 1.54) is 18.4 Å². The van der Waals surface area contributed by atoms with Crippen molar-refractivity contribution in [1.29, 1.82) is 0 Å². The Hall–Kier alpha value is -1.95. The van der Waals surface area contributed by atoms with Gasteiger partial charge in [-0.05, 0) is 18.6 Å². The number of fused-ring (bicyclic) bond motifs is 1. The van der Waals surface area contributed by atoms with Gasteiger partial charge in [-0.15, -0.1) is 0 Å². The number of benzene rings is 1. The molecule has 19 heavy (non-hydrogen) atoms. The zero-order valence-electron chi connectivity index (χ0n) is 10.7. The van der Waals surface area contributed by atoms with Crippen molar-refractivity contribution in [3.05, 3.63) is 23.8 Å². The molecule has 0 bridgehead atoms. The Labute approximate surface area is 114 Å². The predicted octanol–water partition coefficient (Wildman–Crippen LogP) is 2.50. The number of esters is 1. The fourth-order valence-electron chi connectivity index (χ4n) is 1.64. The number of aromatic nitrogens is 1. The predicted molar refractivity (Wildman–Crippen MR) is 74.2 cm³/mol. The number of anilines is 1. The maximum Gasteiger partial charge on any atom is 0.306 e. The summed E-state index contributed by atoms with van der Waals surface area (Å²) >= 11 is 1.42. The van der Waals surface area contributed by atoms with Crippen LogP contribution in [0.15, 0.2) is 18.2 Å². The van der Waals surface area contributed by atoms with Gasteiger partial charge >= 0.3 is 5.97 Å². The Morgan fingerprint density at radius 3 is 2.84 bits per heavy atom. The van der Waals surface area contributed by atoms with Crippen LogP contribution in [0, 0.1) is 6.92 Å². The van der Waals surface area contributed by atoms with E-state index in [4.69, 9.17) is 0 Å². The van der Waals surface area contributed by atoms with Crippen molar-refractivity contribution in [2.24, 2.45) is 0 Å². The molecule has 2 aromatic rings. The van der Waals surface area contributed by atoms with Gasteiger partial charge in [-0.3, -0.25) is 9.59 Å². The number of hydrogen-bond donors (Lipinski definition) is 1. The van der Waals surface area contributed by atoms with Crippen molar-refractivity contribution in [3.63, 3.8) is 0 Å². The van der Waals surface area contributed by atoms with E-state index in [1.54, 1.807) is 0 Å². The van der Waals surface area contributed by atoms with Crippen LogP contribution < -0.4 is 5.32 Å². The van der Waals surface area contributed by atoms with Crippen LogP contribution in [0.3, 0.4) is 0 Å². The number of hydrogen-bond acceptors (Lipinski definition) is 5. The maximum absolute atomic E-state index is 11.6. The van der Waals surface area contributed by atoms with E-state index in [-0.39, 0.29) is 18.7 Å².